The van der Waals surface area contributed by atoms with Gasteiger partial charge in [0.1, 0.15) is 22.7 Å². The molecule has 13 heteroatoms. The molecule has 1 N–H and O–H groups in total. The Morgan fingerprint density at radius 3 is 2.29 bits per heavy atom. The average molecular weight is 635 g/mol. The Hall–Kier alpha value is -4.45. The highest BCUT2D eigenvalue weighted by Gasteiger charge is 2.28. The number of carbonyl (C=O) groups excluding carboxylic acids is 1. The van der Waals surface area contributed by atoms with E-state index in [4.69, 9.17) is 30.8 Å². The molecule has 5 heterocycles. The molecule has 2 saturated heterocycles. The van der Waals surface area contributed by atoms with E-state index in [9.17, 15) is 4.79 Å². The summed E-state index contributed by atoms with van der Waals surface area (Å²) in [4.78, 5) is 33.1. The molecule has 1 unspecified atom stereocenters. The second-order valence-electron chi connectivity index (χ2n) is 12.3. The van der Waals surface area contributed by atoms with E-state index >= 15 is 0 Å². The summed E-state index contributed by atoms with van der Waals surface area (Å²) in [5, 5.41) is 3.46. The van der Waals surface area contributed by atoms with Crippen LogP contribution >= 0.6 is 11.6 Å². The van der Waals surface area contributed by atoms with E-state index in [-0.39, 0.29) is 12.1 Å². The molecule has 0 bridgehead atoms. The van der Waals surface area contributed by atoms with Gasteiger partial charge in [-0.3, -0.25) is 0 Å². The number of rotatable bonds is 7. The molecular formula is C32H39ClN8O4. The van der Waals surface area contributed by atoms with Gasteiger partial charge in [0.05, 0.1) is 49.1 Å². The van der Waals surface area contributed by atoms with Gasteiger partial charge >= 0.3 is 6.09 Å². The second kappa shape index (κ2) is 12.5. The number of nitrogens with one attached hydrogen (secondary N) is 1. The van der Waals surface area contributed by atoms with Gasteiger partial charge in [-0.25, -0.2) is 19.7 Å². The maximum absolute atomic E-state index is 12.1. The summed E-state index contributed by atoms with van der Waals surface area (Å²) in [6.07, 6.45) is 8.22. The van der Waals surface area contributed by atoms with Crippen molar-refractivity contribution in [3.8, 4) is 22.8 Å². The number of hydrogen-bond acceptors (Lipinski definition) is 10. The van der Waals surface area contributed by atoms with Gasteiger partial charge in [-0.05, 0) is 39.3 Å². The molecule has 0 radical (unpaired) electrons. The van der Waals surface area contributed by atoms with Crippen molar-refractivity contribution in [3.05, 3.63) is 54.1 Å². The minimum absolute atomic E-state index is 0.00719. The molecular weight excluding hydrogens is 596 g/mol. The van der Waals surface area contributed by atoms with Crippen molar-refractivity contribution in [1.82, 2.24) is 24.7 Å². The standard InChI is InChI=1S/C32H39ClN8O4/c1-32(2,3)45-31(42)36-21-6-8-41(19-21)30-34-17-23(18-35-30)39-12-10-38(11-13-39)22-7-9-40-20-26(37-29(40)14-22)24-15-25(33)28(44-5)16-27(24)43-4/h7,9,14-18,20-21H,6,8,10-13,19H2,1-5H3,(H,36,42). The van der Waals surface area contributed by atoms with Crippen LogP contribution in [0.5, 0.6) is 11.5 Å². The molecule has 0 aliphatic carbocycles. The van der Waals surface area contributed by atoms with E-state index in [0.717, 1.165) is 67.4 Å². The van der Waals surface area contributed by atoms with Gasteiger partial charge in [0, 0.05) is 75.0 Å². The third-order valence-electron chi connectivity index (χ3n) is 8.02. The molecule has 1 atom stereocenters. The van der Waals surface area contributed by atoms with Crippen LogP contribution in [0, 0.1) is 0 Å². The summed E-state index contributed by atoms with van der Waals surface area (Å²) >= 11 is 6.41. The number of piperazine rings is 1. The highest BCUT2D eigenvalue weighted by molar-refractivity contribution is 6.32. The monoisotopic (exact) mass is 634 g/mol. The number of halogens is 1. The maximum atomic E-state index is 12.1. The summed E-state index contributed by atoms with van der Waals surface area (Å²) in [6, 6.07) is 7.83. The maximum Gasteiger partial charge on any atom is 0.407 e. The molecule has 2 aliphatic heterocycles. The van der Waals surface area contributed by atoms with Crippen molar-refractivity contribution in [1.29, 1.82) is 0 Å². The van der Waals surface area contributed by atoms with E-state index < -0.39 is 5.60 Å². The zero-order chi connectivity index (χ0) is 31.7. The molecule has 6 rings (SSSR count). The average Bonchev–Trinajstić information content (AvgIpc) is 3.67. The smallest absolute Gasteiger partial charge is 0.407 e. The van der Waals surface area contributed by atoms with E-state index in [2.05, 4.69) is 42.1 Å². The lowest BCUT2D eigenvalue weighted by Crippen LogP contribution is -2.46. The number of alkyl carbamates (subject to hydrolysis) is 1. The Morgan fingerprint density at radius 2 is 1.62 bits per heavy atom. The Kier molecular flexibility index (Phi) is 8.50. The molecule has 12 nitrogen and oxygen atoms in total. The van der Waals surface area contributed by atoms with Crippen molar-refractivity contribution in [2.24, 2.45) is 0 Å². The number of fused-ring (bicyclic) bond motifs is 1. The van der Waals surface area contributed by atoms with Crippen molar-refractivity contribution < 1.29 is 19.0 Å². The van der Waals surface area contributed by atoms with Crippen molar-refractivity contribution in [2.75, 3.05) is 68.2 Å². The van der Waals surface area contributed by atoms with E-state index in [1.807, 2.05) is 56.0 Å². The van der Waals surface area contributed by atoms with Gasteiger partial charge in [0.25, 0.3) is 0 Å². The number of amides is 1. The van der Waals surface area contributed by atoms with Crippen LogP contribution in [0.15, 0.2) is 49.1 Å². The minimum Gasteiger partial charge on any atom is -0.496 e. The quantitative estimate of drug-likeness (QED) is 0.302. The SMILES string of the molecule is COc1cc(OC)c(-c2cn3ccc(N4CCN(c5cnc(N6CCC(NC(=O)OC(C)(C)C)C6)nc5)CC4)cc3n2)cc1Cl. The zero-order valence-corrected chi connectivity index (χ0v) is 27.0. The number of imidazole rings is 1. The summed E-state index contributed by atoms with van der Waals surface area (Å²) < 4.78 is 18.3. The van der Waals surface area contributed by atoms with Crippen LogP contribution in [0.4, 0.5) is 22.1 Å². The molecule has 0 saturated carbocycles. The summed E-state index contributed by atoms with van der Waals surface area (Å²) in [5.41, 5.74) is 4.01. The number of aromatic nitrogens is 4. The van der Waals surface area contributed by atoms with Crippen LogP contribution in [0.2, 0.25) is 5.02 Å². The predicted octanol–water partition coefficient (Wildman–Crippen LogP) is 4.89. The number of ether oxygens (including phenoxy) is 3. The fraction of sp³-hybridized carbons (Fsp3) is 0.438. The predicted molar refractivity (Wildman–Crippen MR) is 175 cm³/mol. The number of pyridine rings is 1. The van der Waals surface area contributed by atoms with Gasteiger partial charge in [-0.1, -0.05) is 11.6 Å². The van der Waals surface area contributed by atoms with Gasteiger partial charge in [-0.15, -0.1) is 0 Å². The largest absolute Gasteiger partial charge is 0.496 e. The van der Waals surface area contributed by atoms with E-state index in [0.29, 0.717) is 29.0 Å². The Morgan fingerprint density at radius 1 is 0.933 bits per heavy atom. The van der Waals surface area contributed by atoms with Crippen LogP contribution in [0.1, 0.15) is 27.2 Å². The fourth-order valence-corrected chi connectivity index (χ4v) is 6.00. The van der Waals surface area contributed by atoms with Crippen LogP contribution in [0.25, 0.3) is 16.9 Å². The van der Waals surface area contributed by atoms with Crippen LogP contribution in [0.3, 0.4) is 0 Å². The summed E-state index contributed by atoms with van der Waals surface area (Å²) in [7, 11) is 3.20. The Balaban J connectivity index is 1.06. The van der Waals surface area contributed by atoms with Crippen LogP contribution < -0.4 is 29.5 Å². The first-order chi connectivity index (χ1) is 21.6. The Labute approximate surface area is 267 Å². The summed E-state index contributed by atoms with van der Waals surface area (Å²) in [6.45, 7) is 10.4. The molecule has 2 aliphatic rings. The van der Waals surface area contributed by atoms with E-state index in [1.165, 1.54) is 0 Å². The van der Waals surface area contributed by atoms with Gasteiger partial charge < -0.3 is 38.6 Å². The fourth-order valence-electron chi connectivity index (χ4n) is 5.76. The number of anilines is 3. The highest BCUT2D eigenvalue weighted by Crippen LogP contribution is 2.38. The third-order valence-corrected chi connectivity index (χ3v) is 8.32. The molecule has 3 aromatic heterocycles. The first-order valence-corrected chi connectivity index (χ1v) is 15.4. The Bertz CT molecular complexity index is 1660. The van der Waals surface area contributed by atoms with Crippen molar-refractivity contribution in [2.45, 2.75) is 38.8 Å². The molecule has 45 heavy (non-hydrogen) atoms. The van der Waals surface area contributed by atoms with Gasteiger partial charge in [0.15, 0.2) is 0 Å². The lowest BCUT2D eigenvalue weighted by atomic mass is 10.1. The van der Waals surface area contributed by atoms with Gasteiger partial charge in [0.2, 0.25) is 5.95 Å². The molecule has 1 aromatic carbocycles. The first-order valence-electron chi connectivity index (χ1n) is 15.1. The molecule has 1 amide bonds. The zero-order valence-electron chi connectivity index (χ0n) is 26.3. The molecule has 238 valence electrons. The van der Waals surface area contributed by atoms with E-state index in [1.54, 1.807) is 20.3 Å². The first kappa shape index (κ1) is 30.6. The molecule has 4 aromatic rings. The number of benzene rings is 1. The lowest BCUT2D eigenvalue weighted by Gasteiger charge is -2.37. The molecule has 2 fully saturated rings. The topological polar surface area (TPSA) is 110 Å². The normalized spacial score (nSPS) is 17.1. The highest BCUT2D eigenvalue weighted by atomic mass is 35.5. The number of carbonyl (C=O) groups is 1. The van der Waals surface area contributed by atoms with Crippen LogP contribution in [-0.4, -0.2) is 90.6 Å². The third kappa shape index (κ3) is 6.80. The number of nitrogens with zero attached hydrogens (tertiary/aromatic N) is 7. The van der Waals surface area contributed by atoms with Crippen molar-refractivity contribution in [3.63, 3.8) is 0 Å². The summed E-state index contributed by atoms with van der Waals surface area (Å²) in [5.74, 6) is 1.88. The minimum atomic E-state index is -0.520. The van der Waals surface area contributed by atoms with Gasteiger partial charge in [-0.2, -0.15) is 0 Å². The van der Waals surface area contributed by atoms with Crippen LogP contribution in [-0.2, 0) is 4.74 Å². The lowest BCUT2D eigenvalue weighted by molar-refractivity contribution is 0.0509. The second-order valence-corrected chi connectivity index (χ2v) is 12.7. The molecule has 0 spiro atoms. The van der Waals surface area contributed by atoms with Crippen molar-refractivity contribution >= 4 is 40.7 Å². The number of methoxy groups -OCH3 is 2. The number of hydrogen-bond donors (Lipinski definition) is 1.